The van der Waals surface area contributed by atoms with E-state index < -0.39 is 11.8 Å². The largest absolute Gasteiger partial charge is 0.507 e. The van der Waals surface area contributed by atoms with Crippen LogP contribution in [0.2, 0.25) is 0 Å². The number of nitrogens with one attached hydrogen (secondary N) is 2. The number of rotatable bonds is 2. The summed E-state index contributed by atoms with van der Waals surface area (Å²) in [6, 6.07) is 9.15. The van der Waals surface area contributed by atoms with Crippen LogP contribution in [0.3, 0.4) is 0 Å². The lowest BCUT2D eigenvalue weighted by Gasteiger charge is -2.06. The summed E-state index contributed by atoms with van der Waals surface area (Å²) in [5.74, 6) is -0.665. The Morgan fingerprint density at radius 2 is 1.74 bits per heavy atom. The average molecular weight is 260 g/mol. The van der Waals surface area contributed by atoms with Gasteiger partial charge in [-0.3, -0.25) is 20.4 Å². The number of amides is 2. The van der Waals surface area contributed by atoms with Crippen molar-refractivity contribution >= 4 is 11.8 Å². The van der Waals surface area contributed by atoms with Crippen LogP contribution in [-0.2, 0) is 0 Å². The summed E-state index contributed by atoms with van der Waals surface area (Å²) in [6.07, 6.45) is 0. The lowest BCUT2D eigenvalue weighted by atomic mass is 10.2. The van der Waals surface area contributed by atoms with Crippen LogP contribution in [0.15, 0.2) is 40.8 Å². The monoisotopic (exact) mass is 260 g/mol. The minimum absolute atomic E-state index is 0.0680. The maximum Gasteiger partial charge on any atom is 0.305 e. The van der Waals surface area contributed by atoms with Gasteiger partial charge in [0.2, 0.25) is 0 Å². The summed E-state index contributed by atoms with van der Waals surface area (Å²) in [4.78, 5) is 23.3. The van der Waals surface area contributed by atoms with Gasteiger partial charge in [-0.2, -0.15) is 0 Å². The Morgan fingerprint density at radius 1 is 1.05 bits per heavy atom. The first-order chi connectivity index (χ1) is 9.08. The molecule has 1 aromatic carbocycles. The van der Waals surface area contributed by atoms with Gasteiger partial charge in [-0.25, -0.2) is 0 Å². The molecule has 19 heavy (non-hydrogen) atoms. The highest BCUT2D eigenvalue weighted by Gasteiger charge is 2.13. The van der Waals surface area contributed by atoms with E-state index in [-0.39, 0.29) is 17.1 Å². The Labute approximate surface area is 109 Å². The molecule has 0 bridgehead atoms. The molecule has 6 heteroatoms. The van der Waals surface area contributed by atoms with Crippen molar-refractivity contribution in [3.63, 3.8) is 0 Å². The fourth-order valence-corrected chi connectivity index (χ4v) is 1.46. The molecule has 98 valence electrons. The number of benzene rings is 1. The first-order valence-electron chi connectivity index (χ1n) is 5.53. The maximum atomic E-state index is 11.7. The van der Waals surface area contributed by atoms with E-state index in [4.69, 9.17) is 4.42 Å². The molecule has 0 aliphatic rings. The zero-order valence-electron chi connectivity index (χ0n) is 10.1. The van der Waals surface area contributed by atoms with Gasteiger partial charge in [0.25, 0.3) is 5.91 Å². The summed E-state index contributed by atoms with van der Waals surface area (Å²) in [6.45, 7) is 1.71. The molecule has 6 nitrogen and oxygen atoms in total. The number of phenols is 1. The molecular weight excluding hydrogens is 248 g/mol. The van der Waals surface area contributed by atoms with Gasteiger partial charge in [0.15, 0.2) is 5.76 Å². The summed E-state index contributed by atoms with van der Waals surface area (Å²) in [5.41, 5.74) is 4.45. The molecule has 1 heterocycles. The minimum Gasteiger partial charge on any atom is -0.507 e. The molecule has 2 aromatic rings. The molecule has 0 unspecified atom stereocenters. The summed E-state index contributed by atoms with van der Waals surface area (Å²) in [7, 11) is 0. The first-order valence-corrected chi connectivity index (χ1v) is 5.53. The highest BCUT2D eigenvalue weighted by Crippen LogP contribution is 2.14. The number of carbonyl (C=O) groups excluding carboxylic acids is 2. The lowest BCUT2D eigenvalue weighted by Crippen LogP contribution is -2.41. The van der Waals surface area contributed by atoms with Crippen LogP contribution >= 0.6 is 0 Å². The molecule has 0 radical (unpaired) electrons. The van der Waals surface area contributed by atoms with Crippen molar-refractivity contribution in [2.45, 2.75) is 6.92 Å². The topological polar surface area (TPSA) is 91.6 Å². The van der Waals surface area contributed by atoms with Gasteiger partial charge in [-0.1, -0.05) is 12.1 Å². The fourth-order valence-electron chi connectivity index (χ4n) is 1.46. The van der Waals surface area contributed by atoms with E-state index in [2.05, 4.69) is 10.9 Å². The van der Waals surface area contributed by atoms with Crippen molar-refractivity contribution in [2.24, 2.45) is 0 Å². The Morgan fingerprint density at radius 3 is 2.37 bits per heavy atom. The zero-order valence-corrected chi connectivity index (χ0v) is 10.1. The van der Waals surface area contributed by atoms with Crippen LogP contribution in [0, 0.1) is 6.92 Å². The normalized spacial score (nSPS) is 9.95. The molecule has 2 rings (SSSR count). The molecule has 0 aliphatic carbocycles. The van der Waals surface area contributed by atoms with E-state index in [1.54, 1.807) is 25.1 Å². The molecule has 0 saturated heterocycles. The van der Waals surface area contributed by atoms with Crippen LogP contribution < -0.4 is 10.9 Å². The Hall–Kier alpha value is -2.76. The number of furan rings is 1. The Balaban J connectivity index is 1.98. The fraction of sp³-hybridized carbons (Fsp3) is 0.0769. The van der Waals surface area contributed by atoms with E-state index in [0.717, 1.165) is 0 Å². The first kappa shape index (κ1) is 12.7. The van der Waals surface area contributed by atoms with E-state index >= 15 is 0 Å². The second-order valence-corrected chi connectivity index (χ2v) is 3.84. The Kier molecular flexibility index (Phi) is 3.51. The third-order valence-corrected chi connectivity index (χ3v) is 2.40. The predicted octanol–water partition coefficient (Wildman–Crippen LogP) is 1.37. The molecule has 0 saturated carbocycles. The number of hydrazine groups is 1. The van der Waals surface area contributed by atoms with Crippen molar-refractivity contribution in [3.8, 4) is 5.75 Å². The van der Waals surface area contributed by atoms with Crippen LogP contribution in [0.25, 0.3) is 0 Å². The average Bonchev–Trinajstić information content (AvgIpc) is 2.83. The van der Waals surface area contributed by atoms with Gasteiger partial charge in [0.05, 0.1) is 5.56 Å². The predicted molar refractivity (Wildman–Crippen MR) is 66.5 cm³/mol. The number of aromatic hydroxyl groups is 1. The number of hydrogen-bond acceptors (Lipinski definition) is 4. The summed E-state index contributed by atoms with van der Waals surface area (Å²) < 4.78 is 5.09. The quantitative estimate of drug-likeness (QED) is 0.711. The number of aryl methyl sites for hydroxylation is 1. The van der Waals surface area contributed by atoms with Crippen LogP contribution in [0.4, 0.5) is 0 Å². The van der Waals surface area contributed by atoms with E-state index in [1.807, 2.05) is 0 Å². The molecule has 0 aliphatic heterocycles. The number of phenolic OH excluding ortho intramolecular Hbond substituents is 1. The van der Waals surface area contributed by atoms with Gasteiger partial charge >= 0.3 is 5.91 Å². The van der Waals surface area contributed by atoms with Gasteiger partial charge in [0.1, 0.15) is 11.5 Å². The van der Waals surface area contributed by atoms with Crippen molar-refractivity contribution in [1.82, 2.24) is 10.9 Å². The van der Waals surface area contributed by atoms with Crippen molar-refractivity contribution in [2.75, 3.05) is 0 Å². The van der Waals surface area contributed by atoms with Gasteiger partial charge < -0.3 is 9.52 Å². The van der Waals surface area contributed by atoms with Crippen molar-refractivity contribution in [1.29, 1.82) is 0 Å². The van der Waals surface area contributed by atoms with Crippen LogP contribution in [0.1, 0.15) is 26.7 Å². The minimum atomic E-state index is -0.616. The SMILES string of the molecule is Cc1ccc(C(=O)NNC(=O)c2ccccc2O)o1. The van der Waals surface area contributed by atoms with Crippen molar-refractivity contribution < 1.29 is 19.1 Å². The Bertz CT molecular complexity index is 619. The maximum absolute atomic E-state index is 11.7. The summed E-state index contributed by atoms with van der Waals surface area (Å²) in [5, 5.41) is 9.47. The molecule has 3 N–H and O–H groups in total. The highest BCUT2D eigenvalue weighted by molar-refractivity contribution is 5.99. The highest BCUT2D eigenvalue weighted by atomic mass is 16.3. The zero-order chi connectivity index (χ0) is 13.8. The third-order valence-electron chi connectivity index (χ3n) is 2.40. The third kappa shape index (κ3) is 2.92. The van der Waals surface area contributed by atoms with Crippen molar-refractivity contribution in [3.05, 3.63) is 53.5 Å². The smallest absolute Gasteiger partial charge is 0.305 e. The second kappa shape index (κ2) is 5.26. The van der Waals surface area contributed by atoms with E-state index in [9.17, 15) is 14.7 Å². The molecule has 1 aromatic heterocycles. The van der Waals surface area contributed by atoms with Gasteiger partial charge in [-0.15, -0.1) is 0 Å². The number of carbonyl (C=O) groups is 2. The molecule has 0 atom stereocenters. The second-order valence-electron chi connectivity index (χ2n) is 3.84. The number of para-hydroxylation sites is 1. The van der Waals surface area contributed by atoms with E-state index in [1.165, 1.54) is 18.2 Å². The molecule has 0 spiro atoms. The lowest BCUT2D eigenvalue weighted by molar-refractivity contribution is 0.0828. The standard InChI is InChI=1S/C13H12N2O4/c1-8-6-7-11(19-8)13(18)15-14-12(17)9-4-2-3-5-10(9)16/h2-7,16H,1H3,(H,14,17)(H,15,18). The molecular formula is C13H12N2O4. The molecule has 0 fully saturated rings. The van der Waals surface area contributed by atoms with E-state index in [0.29, 0.717) is 5.76 Å². The molecule has 2 amide bonds. The number of hydrogen-bond donors (Lipinski definition) is 3. The van der Waals surface area contributed by atoms with Gasteiger partial charge in [-0.05, 0) is 31.2 Å². The summed E-state index contributed by atoms with van der Waals surface area (Å²) >= 11 is 0. The van der Waals surface area contributed by atoms with Crippen LogP contribution in [0.5, 0.6) is 5.75 Å². The van der Waals surface area contributed by atoms with Crippen LogP contribution in [-0.4, -0.2) is 16.9 Å². The van der Waals surface area contributed by atoms with Gasteiger partial charge in [0, 0.05) is 0 Å².